The second kappa shape index (κ2) is 15.1. The molecule has 3 aromatic rings. The number of morpholine rings is 1. The summed E-state index contributed by atoms with van der Waals surface area (Å²) >= 11 is 0. The number of aromatic nitrogens is 2. The average molecular weight is 537 g/mol. The fourth-order valence-corrected chi connectivity index (χ4v) is 2.95. The molecule has 37 heavy (non-hydrogen) atoms. The van der Waals surface area contributed by atoms with Crippen molar-refractivity contribution < 1.29 is 50.9 Å². The quantitative estimate of drug-likeness (QED) is 0.331. The maximum atomic E-state index is 12.5. The zero-order valence-electron chi connectivity index (χ0n) is 18.8. The van der Waals surface area contributed by atoms with Gasteiger partial charge in [0, 0.05) is 47.8 Å². The van der Waals surface area contributed by atoms with Crippen LogP contribution in [0.1, 0.15) is 0 Å². The number of rotatable bonds is 2. The molecule has 3 heterocycles. The molecular formula is C22H21F6N3O6. The van der Waals surface area contributed by atoms with Gasteiger partial charge in [-0.15, -0.1) is 0 Å². The zero-order chi connectivity index (χ0) is 28.0. The number of benzene rings is 1. The number of carboxylic acids is 1. The van der Waals surface area contributed by atoms with E-state index in [1.54, 1.807) is 12.4 Å². The Kier molecular flexibility index (Phi) is 12.6. The number of pyridine rings is 2. The van der Waals surface area contributed by atoms with Crippen molar-refractivity contribution in [1.29, 1.82) is 0 Å². The van der Waals surface area contributed by atoms with E-state index in [4.69, 9.17) is 24.5 Å². The van der Waals surface area contributed by atoms with Crippen LogP contribution < -0.4 is 10.5 Å². The van der Waals surface area contributed by atoms with Gasteiger partial charge in [-0.05, 0) is 35.7 Å². The highest BCUT2D eigenvalue weighted by Crippen LogP contribution is 2.24. The summed E-state index contributed by atoms with van der Waals surface area (Å²) in [6.45, 7) is -0.734. The van der Waals surface area contributed by atoms with Crippen LogP contribution in [0.15, 0.2) is 53.6 Å². The first kappa shape index (κ1) is 30.9. The van der Waals surface area contributed by atoms with E-state index in [9.17, 15) is 31.1 Å². The number of anilines is 1. The third-order valence-electron chi connectivity index (χ3n) is 4.44. The molecule has 0 amide bonds. The standard InChI is InChI=1S/C18H17N3O2.C2HF3O2.CHF3.CH2O2/c22-18-16-12-15(21-7-9-23-10-8-21)2-1-14(16)11-17(20-18)13-3-5-19-6-4-13;3-2(4,5)1(6)7;2-1(3)4;2-1-3/h1-6,11-12H,7-10H2,(H,20,22);(H,6,7);1H;1H,(H,2,3). The fourth-order valence-electron chi connectivity index (χ4n) is 2.95. The third kappa shape index (κ3) is 11.0. The highest BCUT2D eigenvalue weighted by Gasteiger charge is 2.38. The number of carbonyl (C=O) groups is 2. The maximum absolute atomic E-state index is 12.5. The van der Waals surface area contributed by atoms with E-state index in [-0.39, 0.29) is 12.0 Å². The van der Waals surface area contributed by atoms with Crippen molar-refractivity contribution in [3.8, 4) is 11.3 Å². The van der Waals surface area contributed by atoms with Crippen molar-refractivity contribution in [2.45, 2.75) is 12.9 Å². The number of hydrogen-bond donors (Lipinski definition) is 3. The molecule has 1 fully saturated rings. The molecule has 0 bridgehead atoms. The minimum atomic E-state index is -5.08. The van der Waals surface area contributed by atoms with Gasteiger partial charge in [0.2, 0.25) is 0 Å². The Balaban J connectivity index is 0.000000408. The molecule has 0 radical (unpaired) electrons. The molecule has 3 N–H and O–H groups in total. The number of H-pyrrole nitrogens is 1. The number of ether oxygens (including phenoxy) is 1. The molecule has 2 aromatic heterocycles. The summed E-state index contributed by atoms with van der Waals surface area (Å²) in [5.41, 5.74) is 2.77. The van der Waals surface area contributed by atoms with Crippen molar-refractivity contribution in [2.75, 3.05) is 31.2 Å². The highest BCUT2D eigenvalue weighted by molar-refractivity contribution is 5.88. The third-order valence-corrected chi connectivity index (χ3v) is 4.44. The zero-order valence-corrected chi connectivity index (χ0v) is 18.8. The van der Waals surface area contributed by atoms with E-state index in [2.05, 4.69) is 20.9 Å². The van der Waals surface area contributed by atoms with Crippen LogP contribution in [-0.2, 0) is 14.3 Å². The van der Waals surface area contributed by atoms with E-state index in [0.717, 1.165) is 48.6 Å². The number of hydrogen-bond acceptors (Lipinski definition) is 6. The summed E-state index contributed by atoms with van der Waals surface area (Å²) in [5, 5.41) is 15.7. The smallest absolute Gasteiger partial charge is 0.483 e. The lowest BCUT2D eigenvalue weighted by atomic mass is 10.1. The number of aliphatic carboxylic acids is 1. The molecule has 1 aliphatic rings. The normalized spacial score (nSPS) is 12.8. The van der Waals surface area contributed by atoms with Crippen LogP contribution in [0.2, 0.25) is 0 Å². The summed E-state index contributed by atoms with van der Waals surface area (Å²) in [7, 11) is 0. The summed E-state index contributed by atoms with van der Waals surface area (Å²) in [6, 6.07) is 11.8. The molecule has 0 saturated carbocycles. The lowest BCUT2D eigenvalue weighted by molar-refractivity contribution is -0.192. The molecule has 1 aliphatic heterocycles. The van der Waals surface area contributed by atoms with Gasteiger partial charge in [-0.3, -0.25) is 14.6 Å². The van der Waals surface area contributed by atoms with Gasteiger partial charge in [0.25, 0.3) is 12.0 Å². The Labute approximate surface area is 204 Å². The number of fused-ring (bicyclic) bond motifs is 1. The highest BCUT2D eigenvalue weighted by atomic mass is 19.4. The van der Waals surface area contributed by atoms with Gasteiger partial charge in [-0.2, -0.15) is 26.3 Å². The molecule has 0 atom stereocenters. The molecule has 0 unspecified atom stereocenters. The van der Waals surface area contributed by atoms with Gasteiger partial charge in [-0.25, -0.2) is 4.79 Å². The van der Waals surface area contributed by atoms with E-state index in [1.165, 1.54) is 0 Å². The summed E-state index contributed by atoms with van der Waals surface area (Å²) < 4.78 is 66.1. The number of alkyl halides is 6. The van der Waals surface area contributed by atoms with E-state index >= 15 is 0 Å². The Bertz CT molecular complexity index is 1180. The first-order chi connectivity index (χ1) is 17.4. The minimum Gasteiger partial charge on any atom is -0.483 e. The Hall–Kier alpha value is -4.14. The molecule has 0 spiro atoms. The van der Waals surface area contributed by atoms with Crippen molar-refractivity contribution in [3.63, 3.8) is 0 Å². The molecular weight excluding hydrogens is 516 g/mol. The van der Waals surface area contributed by atoms with Gasteiger partial charge in [0.05, 0.1) is 13.2 Å². The van der Waals surface area contributed by atoms with Crippen LogP contribution in [-0.4, -0.2) is 71.8 Å². The van der Waals surface area contributed by atoms with Gasteiger partial charge in [0.1, 0.15) is 0 Å². The largest absolute Gasteiger partial charge is 0.490 e. The average Bonchev–Trinajstić information content (AvgIpc) is 2.85. The van der Waals surface area contributed by atoms with E-state index in [1.807, 2.05) is 30.3 Å². The molecule has 1 saturated heterocycles. The molecule has 9 nitrogen and oxygen atoms in total. The van der Waals surface area contributed by atoms with Gasteiger partial charge in [-0.1, -0.05) is 6.07 Å². The van der Waals surface area contributed by atoms with Crippen LogP contribution >= 0.6 is 0 Å². The van der Waals surface area contributed by atoms with Crippen LogP contribution in [0.3, 0.4) is 0 Å². The topological polar surface area (TPSA) is 133 Å². The Morgan fingerprint density at radius 2 is 1.59 bits per heavy atom. The van der Waals surface area contributed by atoms with Crippen LogP contribution in [0.25, 0.3) is 22.0 Å². The second-order valence-electron chi connectivity index (χ2n) is 6.77. The molecule has 4 rings (SSSR count). The summed E-state index contributed by atoms with van der Waals surface area (Å²) in [5.74, 6) is -2.76. The molecule has 0 aliphatic carbocycles. The van der Waals surface area contributed by atoms with E-state index < -0.39 is 18.8 Å². The SMILES string of the molecule is FC(F)F.O=C(O)C(F)(F)F.O=CO.O=c1[nH]c(-c2ccncc2)cc2ccc(N3CCOCC3)cc12. The number of halogens is 6. The van der Waals surface area contributed by atoms with Crippen LogP contribution in [0, 0.1) is 0 Å². The lowest BCUT2D eigenvalue weighted by Gasteiger charge is -2.29. The van der Waals surface area contributed by atoms with Crippen molar-refractivity contribution >= 4 is 28.9 Å². The predicted octanol–water partition coefficient (Wildman–Crippen LogP) is 3.94. The van der Waals surface area contributed by atoms with Crippen molar-refractivity contribution in [2.24, 2.45) is 0 Å². The Morgan fingerprint density at radius 3 is 2.08 bits per heavy atom. The fraction of sp³-hybridized carbons (Fsp3) is 0.273. The van der Waals surface area contributed by atoms with Gasteiger partial charge in [0.15, 0.2) is 0 Å². The lowest BCUT2D eigenvalue weighted by Crippen LogP contribution is -2.36. The maximum Gasteiger partial charge on any atom is 0.490 e. The molecule has 15 heteroatoms. The van der Waals surface area contributed by atoms with Crippen molar-refractivity contribution in [3.05, 3.63) is 59.1 Å². The van der Waals surface area contributed by atoms with Gasteiger partial charge < -0.3 is 24.8 Å². The monoisotopic (exact) mass is 537 g/mol. The Morgan fingerprint density at radius 1 is 1.08 bits per heavy atom. The predicted molar refractivity (Wildman–Crippen MR) is 120 cm³/mol. The van der Waals surface area contributed by atoms with Crippen molar-refractivity contribution in [1.82, 2.24) is 9.97 Å². The second-order valence-corrected chi connectivity index (χ2v) is 6.77. The van der Waals surface area contributed by atoms with Crippen LogP contribution in [0.4, 0.5) is 32.0 Å². The number of nitrogens with one attached hydrogen (secondary N) is 1. The van der Waals surface area contributed by atoms with Gasteiger partial charge >= 0.3 is 18.8 Å². The van der Waals surface area contributed by atoms with Crippen LogP contribution in [0.5, 0.6) is 0 Å². The number of carboxylic acid groups (broad SMARTS) is 2. The number of nitrogens with zero attached hydrogens (tertiary/aromatic N) is 2. The molecule has 1 aromatic carbocycles. The summed E-state index contributed by atoms with van der Waals surface area (Å²) in [4.78, 5) is 39.0. The first-order valence-corrected chi connectivity index (χ1v) is 10.1. The summed E-state index contributed by atoms with van der Waals surface area (Å²) in [6.07, 6.45) is -1.64. The molecule has 202 valence electrons. The van der Waals surface area contributed by atoms with E-state index in [0.29, 0.717) is 5.39 Å². The number of aromatic amines is 1. The minimum absolute atomic E-state index is 0.0654. The first-order valence-electron chi connectivity index (χ1n) is 10.1.